The maximum atomic E-state index is 8.44. The van der Waals surface area contributed by atoms with Gasteiger partial charge in [-0.1, -0.05) is 0 Å². The van der Waals surface area contributed by atoms with E-state index in [1.165, 1.54) is 11.3 Å². The number of nitriles is 1. The van der Waals surface area contributed by atoms with Crippen molar-refractivity contribution in [1.82, 2.24) is 4.98 Å². The molecule has 62 valence electrons. The zero-order chi connectivity index (χ0) is 8.97. The van der Waals surface area contributed by atoms with Crippen molar-refractivity contribution < 1.29 is 0 Å². The van der Waals surface area contributed by atoms with Crippen LogP contribution in [0, 0.1) is 18.3 Å². The Labute approximate surface area is 75.4 Å². The molecule has 3 nitrogen and oxygen atoms in total. The maximum Gasteiger partial charge on any atom is 0.186 e. The van der Waals surface area contributed by atoms with Crippen LogP contribution >= 0.6 is 11.3 Å². The van der Waals surface area contributed by atoms with Gasteiger partial charge in [0.15, 0.2) is 5.13 Å². The summed E-state index contributed by atoms with van der Waals surface area (Å²) in [6, 6.07) is 2.02. The van der Waals surface area contributed by atoms with Crippen LogP contribution in [-0.2, 0) is 0 Å². The molecule has 1 heterocycles. The Morgan fingerprint density at radius 2 is 2.58 bits per heavy atom. The van der Waals surface area contributed by atoms with Crippen LogP contribution in [0.3, 0.4) is 0 Å². The number of hydrogen-bond donors (Lipinski definition) is 1. The van der Waals surface area contributed by atoms with Gasteiger partial charge in [0.2, 0.25) is 0 Å². The van der Waals surface area contributed by atoms with Gasteiger partial charge in [0.1, 0.15) is 0 Å². The second kappa shape index (κ2) is 3.88. The van der Waals surface area contributed by atoms with E-state index in [-0.39, 0.29) is 0 Å². The van der Waals surface area contributed by atoms with Crippen LogP contribution in [0.25, 0.3) is 0 Å². The number of nitrogens with one attached hydrogen (secondary N) is 1. The lowest BCUT2D eigenvalue weighted by Crippen LogP contribution is -1.87. The highest BCUT2D eigenvalue weighted by atomic mass is 32.1. The van der Waals surface area contributed by atoms with Crippen molar-refractivity contribution in [3.8, 4) is 6.07 Å². The fraction of sp³-hybridized carbons (Fsp3) is 0.250. The van der Waals surface area contributed by atoms with Crippen LogP contribution in [0.1, 0.15) is 12.6 Å². The standard InChI is InChI=1S/C8H9N3S/c1-6(3-9)4-10-8-11-7(2)5-12-8/h4-5H,1-2H3,(H,10,11). The quantitative estimate of drug-likeness (QED) is 0.708. The van der Waals surface area contributed by atoms with Crippen LogP contribution in [0.4, 0.5) is 5.13 Å². The van der Waals surface area contributed by atoms with E-state index in [0.29, 0.717) is 5.57 Å². The Morgan fingerprint density at radius 3 is 3.08 bits per heavy atom. The number of hydrogen-bond acceptors (Lipinski definition) is 4. The second-order valence-corrected chi connectivity index (χ2v) is 3.24. The largest absolute Gasteiger partial charge is 0.337 e. The highest BCUT2D eigenvalue weighted by Gasteiger charge is 1.94. The molecule has 0 saturated carbocycles. The van der Waals surface area contributed by atoms with Gasteiger partial charge in [0.25, 0.3) is 0 Å². The highest BCUT2D eigenvalue weighted by Crippen LogP contribution is 2.14. The molecule has 0 fully saturated rings. The van der Waals surface area contributed by atoms with Gasteiger partial charge in [0, 0.05) is 17.2 Å². The first-order valence-electron chi connectivity index (χ1n) is 3.48. The molecule has 0 bridgehead atoms. The lowest BCUT2D eigenvalue weighted by Gasteiger charge is -1.91. The minimum absolute atomic E-state index is 0.642. The molecular formula is C8H9N3S. The normalized spacial score (nSPS) is 10.9. The number of nitrogens with zero attached hydrogens (tertiary/aromatic N) is 2. The summed E-state index contributed by atoms with van der Waals surface area (Å²) in [6.45, 7) is 3.68. The van der Waals surface area contributed by atoms with Crippen LogP contribution in [0.2, 0.25) is 0 Å². The summed E-state index contributed by atoms with van der Waals surface area (Å²) < 4.78 is 0. The van der Waals surface area contributed by atoms with Gasteiger partial charge in [-0.25, -0.2) is 4.98 Å². The van der Waals surface area contributed by atoms with Gasteiger partial charge < -0.3 is 5.32 Å². The van der Waals surface area contributed by atoms with E-state index in [1.807, 2.05) is 18.4 Å². The Balaban J connectivity index is 2.61. The van der Waals surface area contributed by atoms with Gasteiger partial charge in [-0.05, 0) is 13.8 Å². The summed E-state index contributed by atoms with van der Waals surface area (Å²) in [6.07, 6.45) is 1.65. The van der Waals surface area contributed by atoms with Crippen molar-refractivity contribution in [1.29, 1.82) is 5.26 Å². The van der Waals surface area contributed by atoms with Gasteiger partial charge in [-0.3, -0.25) is 0 Å². The molecule has 0 radical (unpaired) electrons. The summed E-state index contributed by atoms with van der Waals surface area (Å²) in [4.78, 5) is 4.17. The van der Waals surface area contributed by atoms with Crippen molar-refractivity contribution in [2.75, 3.05) is 5.32 Å². The van der Waals surface area contributed by atoms with Gasteiger partial charge in [-0.15, -0.1) is 11.3 Å². The van der Waals surface area contributed by atoms with E-state index < -0.39 is 0 Å². The van der Waals surface area contributed by atoms with Crippen molar-refractivity contribution in [2.45, 2.75) is 13.8 Å². The van der Waals surface area contributed by atoms with Crippen LogP contribution in [0.5, 0.6) is 0 Å². The van der Waals surface area contributed by atoms with E-state index in [9.17, 15) is 0 Å². The first-order valence-corrected chi connectivity index (χ1v) is 4.36. The minimum atomic E-state index is 0.642. The third-order valence-electron chi connectivity index (χ3n) is 1.21. The molecule has 0 aliphatic heterocycles. The highest BCUT2D eigenvalue weighted by molar-refractivity contribution is 7.13. The lowest BCUT2D eigenvalue weighted by molar-refractivity contribution is 1.26. The molecule has 4 heteroatoms. The lowest BCUT2D eigenvalue weighted by atomic mass is 10.4. The van der Waals surface area contributed by atoms with E-state index in [0.717, 1.165) is 10.8 Å². The smallest absolute Gasteiger partial charge is 0.186 e. The molecule has 0 saturated heterocycles. The van der Waals surface area contributed by atoms with Crippen LogP contribution < -0.4 is 5.32 Å². The van der Waals surface area contributed by atoms with Crippen molar-refractivity contribution in [3.63, 3.8) is 0 Å². The zero-order valence-electron chi connectivity index (χ0n) is 6.96. The van der Waals surface area contributed by atoms with E-state index in [2.05, 4.69) is 10.3 Å². The summed E-state index contributed by atoms with van der Waals surface area (Å²) in [7, 11) is 0. The molecule has 12 heavy (non-hydrogen) atoms. The molecule has 1 rings (SSSR count). The first-order chi connectivity index (χ1) is 5.72. The van der Waals surface area contributed by atoms with Gasteiger partial charge in [0.05, 0.1) is 11.8 Å². The van der Waals surface area contributed by atoms with E-state index >= 15 is 0 Å². The van der Waals surface area contributed by atoms with Gasteiger partial charge in [-0.2, -0.15) is 5.26 Å². The molecular weight excluding hydrogens is 170 g/mol. The minimum Gasteiger partial charge on any atom is -0.337 e. The SMILES string of the molecule is CC(C#N)=CNc1nc(C)cs1. The Kier molecular flexibility index (Phi) is 2.83. The van der Waals surface area contributed by atoms with Crippen LogP contribution in [0.15, 0.2) is 17.2 Å². The number of thiazole rings is 1. The third kappa shape index (κ3) is 2.36. The molecule has 0 amide bonds. The summed E-state index contributed by atoms with van der Waals surface area (Å²) in [5, 5.41) is 14.2. The number of allylic oxidation sites excluding steroid dienone is 1. The molecule has 0 atom stereocenters. The molecule has 1 aromatic rings. The third-order valence-corrected chi connectivity index (χ3v) is 2.10. The molecule has 0 unspecified atom stereocenters. The van der Waals surface area contributed by atoms with Crippen molar-refractivity contribution in [2.24, 2.45) is 0 Å². The maximum absolute atomic E-state index is 8.44. The van der Waals surface area contributed by atoms with E-state index in [4.69, 9.17) is 5.26 Å². The molecule has 1 aromatic heterocycles. The average molecular weight is 179 g/mol. The fourth-order valence-corrected chi connectivity index (χ4v) is 1.28. The summed E-state index contributed by atoms with van der Waals surface area (Å²) >= 11 is 1.53. The number of anilines is 1. The Bertz CT molecular complexity index is 332. The average Bonchev–Trinajstić information content (AvgIpc) is 2.47. The van der Waals surface area contributed by atoms with Crippen molar-refractivity contribution >= 4 is 16.5 Å². The van der Waals surface area contributed by atoms with Gasteiger partial charge >= 0.3 is 0 Å². The topological polar surface area (TPSA) is 48.7 Å². The summed E-state index contributed by atoms with van der Waals surface area (Å²) in [5.74, 6) is 0. The molecule has 1 N–H and O–H groups in total. The van der Waals surface area contributed by atoms with Crippen molar-refractivity contribution in [3.05, 3.63) is 22.8 Å². The molecule has 0 aliphatic carbocycles. The molecule has 0 aromatic carbocycles. The monoisotopic (exact) mass is 179 g/mol. The first kappa shape index (κ1) is 8.75. The molecule has 0 spiro atoms. The van der Waals surface area contributed by atoms with Crippen LogP contribution in [-0.4, -0.2) is 4.98 Å². The van der Waals surface area contributed by atoms with E-state index in [1.54, 1.807) is 13.1 Å². The predicted molar refractivity (Wildman–Crippen MR) is 49.8 cm³/mol. The molecule has 0 aliphatic rings. The summed E-state index contributed by atoms with van der Waals surface area (Å²) in [5.41, 5.74) is 1.63. The zero-order valence-corrected chi connectivity index (χ0v) is 7.77. The predicted octanol–water partition coefficient (Wildman–Crippen LogP) is 2.29. The number of aryl methyl sites for hydroxylation is 1. The Morgan fingerprint density at radius 1 is 1.83 bits per heavy atom. The second-order valence-electron chi connectivity index (χ2n) is 2.38. The fourth-order valence-electron chi connectivity index (χ4n) is 0.623. The Hall–Kier alpha value is -1.34. The number of aromatic nitrogens is 1. The number of rotatable bonds is 2.